The van der Waals surface area contributed by atoms with Gasteiger partial charge in [-0.15, -0.1) is 0 Å². The molecule has 0 radical (unpaired) electrons. The summed E-state index contributed by atoms with van der Waals surface area (Å²) in [5.74, 6) is 0. The molecular weight excluding hydrogens is 210 g/mol. The lowest BCUT2D eigenvalue weighted by Gasteiger charge is -2.39. The fraction of sp³-hybridized carbons (Fsp3) is 1.00. The topological polar surface area (TPSA) is 18.5 Å². The molecule has 1 atom stereocenters. The van der Waals surface area contributed by atoms with E-state index in [1.807, 2.05) is 0 Å². The average Bonchev–Trinajstić information content (AvgIpc) is 3.14. The van der Waals surface area contributed by atoms with Crippen LogP contribution in [0.2, 0.25) is 0 Å². The summed E-state index contributed by atoms with van der Waals surface area (Å²) in [5.41, 5.74) is 0. The van der Waals surface area contributed by atoms with Crippen LogP contribution in [0.5, 0.6) is 0 Å². The van der Waals surface area contributed by atoms with Crippen molar-refractivity contribution in [2.24, 2.45) is 0 Å². The Morgan fingerprint density at radius 3 is 2.29 bits per heavy atom. The predicted octanol–water partition coefficient (Wildman–Crippen LogP) is 1.54. The molecule has 2 fully saturated rings. The Balaban J connectivity index is 1.72. The van der Waals surface area contributed by atoms with Gasteiger partial charge in [0, 0.05) is 24.7 Å². The Morgan fingerprint density at radius 2 is 1.82 bits per heavy atom. The molecule has 0 bridgehead atoms. The highest BCUT2D eigenvalue weighted by atomic mass is 15.2. The normalized spacial score (nSPS) is 25.4. The quantitative estimate of drug-likeness (QED) is 0.758. The third-order valence-corrected chi connectivity index (χ3v) is 4.44. The SMILES string of the molecule is CCC(CNC1CC1)N1CCC(N(C)C)CC1. The lowest BCUT2D eigenvalue weighted by Crippen LogP contribution is -2.49. The molecule has 1 aliphatic heterocycles. The van der Waals surface area contributed by atoms with E-state index >= 15 is 0 Å². The summed E-state index contributed by atoms with van der Waals surface area (Å²) in [7, 11) is 4.43. The molecule has 1 N–H and O–H groups in total. The van der Waals surface area contributed by atoms with Gasteiger partial charge in [-0.3, -0.25) is 4.90 Å². The monoisotopic (exact) mass is 239 g/mol. The van der Waals surface area contributed by atoms with E-state index in [9.17, 15) is 0 Å². The summed E-state index contributed by atoms with van der Waals surface area (Å²) < 4.78 is 0. The summed E-state index contributed by atoms with van der Waals surface area (Å²) in [5, 5.41) is 3.69. The fourth-order valence-electron chi connectivity index (χ4n) is 2.89. The summed E-state index contributed by atoms with van der Waals surface area (Å²) in [6.07, 6.45) is 6.77. The number of likely N-dealkylation sites (tertiary alicyclic amines) is 1. The molecule has 1 aliphatic carbocycles. The summed E-state index contributed by atoms with van der Waals surface area (Å²) in [6.45, 7) is 6.10. The first-order valence-electron chi connectivity index (χ1n) is 7.34. The number of piperidine rings is 1. The third kappa shape index (κ3) is 3.94. The second-order valence-electron chi connectivity index (χ2n) is 5.98. The van der Waals surface area contributed by atoms with Crippen LogP contribution in [0.1, 0.15) is 39.0 Å². The van der Waals surface area contributed by atoms with Gasteiger partial charge in [-0.05, 0) is 59.3 Å². The number of rotatable bonds is 6. The van der Waals surface area contributed by atoms with Crippen LogP contribution in [0, 0.1) is 0 Å². The minimum absolute atomic E-state index is 0.763. The van der Waals surface area contributed by atoms with Crippen LogP contribution in [-0.4, -0.2) is 61.7 Å². The first-order valence-corrected chi connectivity index (χ1v) is 7.34. The van der Waals surface area contributed by atoms with E-state index in [0.29, 0.717) is 0 Å². The molecule has 1 saturated carbocycles. The number of hydrogen-bond acceptors (Lipinski definition) is 3. The maximum absolute atomic E-state index is 3.69. The van der Waals surface area contributed by atoms with Crippen LogP contribution in [0.25, 0.3) is 0 Å². The lowest BCUT2D eigenvalue weighted by atomic mass is 10.0. The van der Waals surface area contributed by atoms with Crippen molar-refractivity contribution >= 4 is 0 Å². The van der Waals surface area contributed by atoms with E-state index < -0.39 is 0 Å². The van der Waals surface area contributed by atoms with Gasteiger partial charge in [-0.1, -0.05) is 6.92 Å². The van der Waals surface area contributed by atoms with Crippen molar-refractivity contribution in [1.82, 2.24) is 15.1 Å². The molecule has 3 heteroatoms. The van der Waals surface area contributed by atoms with Gasteiger partial charge in [-0.25, -0.2) is 0 Å². The zero-order valence-electron chi connectivity index (χ0n) is 11.8. The van der Waals surface area contributed by atoms with Crippen LogP contribution in [0.4, 0.5) is 0 Å². The Bertz CT molecular complexity index is 218. The molecule has 0 aromatic heterocycles. The predicted molar refractivity (Wildman–Crippen MR) is 73.4 cm³/mol. The van der Waals surface area contributed by atoms with Crippen LogP contribution in [0.15, 0.2) is 0 Å². The molecule has 2 rings (SSSR count). The van der Waals surface area contributed by atoms with E-state index in [1.54, 1.807) is 0 Å². The minimum Gasteiger partial charge on any atom is -0.312 e. The van der Waals surface area contributed by atoms with Crippen LogP contribution in [0.3, 0.4) is 0 Å². The molecule has 0 aromatic rings. The second kappa shape index (κ2) is 6.17. The van der Waals surface area contributed by atoms with Crippen molar-refractivity contribution in [3.05, 3.63) is 0 Å². The molecule has 1 heterocycles. The zero-order valence-corrected chi connectivity index (χ0v) is 11.8. The Morgan fingerprint density at radius 1 is 1.18 bits per heavy atom. The molecule has 1 saturated heterocycles. The summed E-state index contributed by atoms with van der Waals surface area (Å²) in [4.78, 5) is 5.09. The maximum atomic E-state index is 3.69. The molecule has 0 aromatic carbocycles. The van der Waals surface area contributed by atoms with E-state index in [0.717, 1.165) is 18.1 Å². The van der Waals surface area contributed by atoms with Crippen molar-refractivity contribution in [3.8, 4) is 0 Å². The van der Waals surface area contributed by atoms with E-state index in [4.69, 9.17) is 0 Å². The van der Waals surface area contributed by atoms with Gasteiger partial charge in [-0.2, -0.15) is 0 Å². The van der Waals surface area contributed by atoms with Crippen molar-refractivity contribution < 1.29 is 0 Å². The smallest absolute Gasteiger partial charge is 0.0218 e. The molecule has 0 amide bonds. The van der Waals surface area contributed by atoms with Gasteiger partial charge in [0.2, 0.25) is 0 Å². The first kappa shape index (κ1) is 13.3. The highest BCUT2D eigenvalue weighted by Crippen LogP contribution is 2.21. The standard InChI is InChI=1S/C14H29N3/c1-4-13(11-15-12-5-6-12)17-9-7-14(8-10-17)16(2)3/h12-15H,4-11H2,1-3H3. The van der Waals surface area contributed by atoms with Crippen molar-refractivity contribution in [2.75, 3.05) is 33.7 Å². The number of hydrogen-bond donors (Lipinski definition) is 1. The van der Waals surface area contributed by atoms with Gasteiger partial charge in [0.1, 0.15) is 0 Å². The molecule has 17 heavy (non-hydrogen) atoms. The maximum Gasteiger partial charge on any atom is 0.0218 e. The van der Waals surface area contributed by atoms with Gasteiger partial charge < -0.3 is 10.2 Å². The second-order valence-corrected chi connectivity index (χ2v) is 5.98. The molecular formula is C14H29N3. The van der Waals surface area contributed by atoms with Crippen LogP contribution < -0.4 is 5.32 Å². The van der Waals surface area contributed by atoms with E-state index in [1.165, 1.54) is 51.7 Å². The average molecular weight is 239 g/mol. The number of nitrogens with one attached hydrogen (secondary N) is 1. The molecule has 1 unspecified atom stereocenters. The molecule has 2 aliphatic rings. The molecule has 3 nitrogen and oxygen atoms in total. The third-order valence-electron chi connectivity index (χ3n) is 4.44. The van der Waals surface area contributed by atoms with Crippen molar-refractivity contribution in [3.63, 3.8) is 0 Å². The van der Waals surface area contributed by atoms with Crippen molar-refractivity contribution in [1.29, 1.82) is 0 Å². The minimum atomic E-state index is 0.763. The first-order chi connectivity index (χ1) is 8.20. The Hall–Kier alpha value is -0.120. The molecule has 0 spiro atoms. The van der Waals surface area contributed by atoms with Gasteiger partial charge in [0.15, 0.2) is 0 Å². The highest BCUT2D eigenvalue weighted by Gasteiger charge is 2.27. The van der Waals surface area contributed by atoms with Gasteiger partial charge >= 0.3 is 0 Å². The Labute approximate surface area is 107 Å². The lowest BCUT2D eigenvalue weighted by molar-refractivity contribution is 0.105. The summed E-state index contributed by atoms with van der Waals surface area (Å²) in [6, 6.07) is 2.42. The van der Waals surface area contributed by atoms with Crippen LogP contribution >= 0.6 is 0 Å². The van der Waals surface area contributed by atoms with Crippen molar-refractivity contribution in [2.45, 2.75) is 57.2 Å². The zero-order chi connectivity index (χ0) is 12.3. The van der Waals surface area contributed by atoms with E-state index in [2.05, 4.69) is 36.1 Å². The highest BCUT2D eigenvalue weighted by molar-refractivity contribution is 4.86. The largest absolute Gasteiger partial charge is 0.312 e. The fourth-order valence-corrected chi connectivity index (χ4v) is 2.89. The van der Waals surface area contributed by atoms with Gasteiger partial charge in [0.05, 0.1) is 0 Å². The number of nitrogens with zero attached hydrogens (tertiary/aromatic N) is 2. The van der Waals surface area contributed by atoms with Crippen LogP contribution in [-0.2, 0) is 0 Å². The van der Waals surface area contributed by atoms with E-state index in [-0.39, 0.29) is 0 Å². The summed E-state index contributed by atoms with van der Waals surface area (Å²) >= 11 is 0. The molecule has 100 valence electrons. The van der Waals surface area contributed by atoms with Gasteiger partial charge in [0.25, 0.3) is 0 Å². The Kier molecular flexibility index (Phi) is 4.83.